The summed E-state index contributed by atoms with van der Waals surface area (Å²) in [6, 6.07) is 2.48. The molecule has 0 fully saturated rings. The lowest BCUT2D eigenvalue weighted by Crippen LogP contribution is -2.58. The molecule has 0 bridgehead atoms. The topological polar surface area (TPSA) is 204 Å². The minimum Gasteiger partial charge on any atom is -0.481 e. The quantitative estimate of drug-likeness (QED) is 0.154. The maximum absolute atomic E-state index is 13.4. The van der Waals surface area contributed by atoms with Crippen LogP contribution in [0.2, 0.25) is 0 Å². The number of nitrogens with two attached hydrogens (primary N) is 1. The molecule has 12 nitrogen and oxygen atoms in total. The number of carbonyl (C=O) groups is 5. The molecule has 39 heavy (non-hydrogen) atoms. The van der Waals surface area contributed by atoms with E-state index in [1.807, 2.05) is 38.1 Å². The Morgan fingerprint density at radius 2 is 1.56 bits per heavy atom. The first-order valence-corrected chi connectivity index (χ1v) is 14.0. The van der Waals surface area contributed by atoms with Crippen molar-refractivity contribution in [2.24, 2.45) is 11.7 Å². The van der Waals surface area contributed by atoms with E-state index in [0.29, 0.717) is 17.7 Å². The largest absolute Gasteiger partial charge is 0.481 e. The summed E-state index contributed by atoms with van der Waals surface area (Å²) >= 11 is 1.39. The maximum Gasteiger partial charge on any atom is 0.326 e. The van der Waals surface area contributed by atoms with Crippen molar-refractivity contribution in [3.05, 3.63) is 36.0 Å². The second-order valence-corrected chi connectivity index (χ2v) is 10.7. The van der Waals surface area contributed by atoms with Gasteiger partial charge in [-0.05, 0) is 42.4 Å². The molecule has 0 saturated carbocycles. The normalized spacial score (nSPS) is 14.3. The first kappa shape index (κ1) is 31.6. The standard InChI is InChI=1S/C26H37N5O7S/c1-14(2)10-17(27)23(34)30-20(11-15-13-28-18-7-5-4-6-16(15)18)24(35)31-21(12-22(32)33)25(36)29-19(26(37)38)8-9-39-3/h4-7,13-14,17,19-21,28H,8-12,27H2,1-3H3,(H,29,36)(H,30,34)(H,31,35)(H,32,33)(H,37,38). The number of hydrogen-bond acceptors (Lipinski definition) is 7. The number of thioether (sulfide) groups is 1. The number of para-hydroxylation sites is 1. The third kappa shape index (κ3) is 9.91. The minimum atomic E-state index is -1.57. The van der Waals surface area contributed by atoms with Crippen LogP contribution in [0.4, 0.5) is 0 Å². The third-order valence-electron chi connectivity index (χ3n) is 6.03. The predicted molar refractivity (Wildman–Crippen MR) is 148 cm³/mol. The number of rotatable bonds is 16. The van der Waals surface area contributed by atoms with E-state index in [1.54, 1.807) is 12.5 Å². The van der Waals surface area contributed by atoms with Gasteiger partial charge in [0.1, 0.15) is 18.1 Å². The Bertz CT molecular complexity index is 1170. The Morgan fingerprint density at radius 1 is 0.949 bits per heavy atom. The number of carbonyl (C=O) groups excluding carboxylic acids is 3. The zero-order chi connectivity index (χ0) is 29.1. The average Bonchev–Trinajstić information content (AvgIpc) is 3.27. The Morgan fingerprint density at radius 3 is 2.18 bits per heavy atom. The number of carboxylic acids is 2. The number of aliphatic carboxylic acids is 2. The van der Waals surface area contributed by atoms with Gasteiger partial charge in [0.25, 0.3) is 0 Å². The molecule has 1 aromatic heterocycles. The minimum absolute atomic E-state index is 0.0306. The zero-order valence-corrected chi connectivity index (χ0v) is 23.0. The highest BCUT2D eigenvalue weighted by Crippen LogP contribution is 2.19. The molecule has 1 aromatic carbocycles. The number of benzene rings is 1. The SMILES string of the molecule is CSCCC(NC(=O)C(CC(=O)O)NC(=O)C(Cc1c[nH]c2ccccc12)NC(=O)C(N)CC(C)C)C(=O)O. The average molecular weight is 564 g/mol. The van der Waals surface area contributed by atoms with Gasteiger partial charge in [-0.1, -0.05) is 32.0 Å². The van der Waals surface area contributed by atoms with Crippen molar-refractivity contribution in [2.45, 2.75) is 63.7 Å². The molecule has 2 rings (SSSR count). The fraction of sp³-hybridized carbons (Fsp3) is 0.500. The van der Waals surface area contributed by atoms with Gasteiger partial charge in [-0.15, -0.1) is 0 Å². The molecule has 0 spiro atoms. The Balaban J connectivity index is 2.29. The van der Waals surface area contributed by atoms with Gasteiger partial charge < -0.3 is 36.9 Å². The van der Waals surface area contributed by atoms with Crippen LogP contribution < -0.4 is 21.7 Å². The van der Waals surface area contributed by atoms with Crippen molar-refractivity contribution in [3.63, 3.8) is 0 Å². The van der Waals surface area contributed by atoms with E-state index in [-0.39, 0.29) is 18.8 Å². The number of fused-ring (bicyclic) bond motifs is 1. The molecule has 0 radical (unpaired) electrons. The number of carboxylic acid groups (broad SMARTS) is 2. The summed E-state index contributed by atoms with van der Waals surface area (Å²) in [5.74, 6) is -4.39. The molecule has 1 heterocycles. The van der Waals surface area contributed by atoms with Crippen LogP contribution in [-0.2, 0) is 30.4 Å². The van der Waals surface area contributed by atoms with Crippen LogP contribution in [0.5, 0.6) is 0 Å². The fourth-order valence-corrected chi connectivity index (χ4v) is 4.52. The summed E-state index contributed by atoms with van der Waals surface area (Å²) in [6.07, 6.45) is 3.22. The number of amides is 3. The van der Waals surface area contributed by atoms with Crippen molar-refractivity contribution < 1.29 is 34.2 Å². The van der Waals surface area contributed by atoms with Crippen LogP contribution in [0.15, 0.2) is 30.5 Å². The van der Waals surface area contributed by atoms with Gasteiger partial charge in [-0.2, -0.15) is 11.8 Å². The molecular weight excluding hydrogens is 526 g/mol. The molecule has 0 aliphatic heterocycles. The van der Waals surface area contributed by atoms with Crippen molar-refractivity contribution in [1.82, 2.24) is 20.9 Å². The molecule has 13 heteroatoms. The van der Waals surface area contributed by atoms with Gasteiger partial charge in [0.15, 0.2) is 0 Å². The van der Waals surface area contributed by atoms with E-state index in [1.165, 1.54) is 11.8 Å². The van der Waals surface area contributed by atoms with E-state index in [4.69, 9.17) is 5.73 Å². The maximum atomic E-state index is 13.4. The summed E-state index contributed by atoms with van der Waals surface area (Å²) < 4.78 is 0. The number of nitrogens with one attached hydrogen (secondary N) is 4. The van der Waals surface area contributed by atoms with E-state index >= 15 is 0 Å². The van der Waals surface area contributed by atoms with E-state index in [2.05, 4.69) is 20.9 Å². The summed E-state index contributed by atoms with van der Waals surface area (Å²) in [4.78, 5) is 65.3. The molecule has 0 aliphatic rings. The molecule has 8 N–H and O–H groups in total. The molecule has 2 aromatic rings. The molecular formula is C26H37N5O7S. The molecule has 0 aliphatic carbocycles. The Hall–Kier alpha value is -3.58. The highest BCUT2D eigenvalue weighted by atomic mass is 32.2. The number of H-pyrrole nitrogens is 1. The van der Waals surface area contributed by atoms with E-state index in [9.17, 15) is 34.2 Å². The first-order valence-electron chi connectivity index (χ1n) is 12.6. The molecule has 0 saturated heterocycles. The predicted octanol–water partition coefficient (Wildman–Crippen LogP) is 0.851. The lowest BCUT2D eigenvalue weighted by Gasteiger charge is -2.25. The molecule has 214 valence electrons. The fourth-order valence-electron chi connectivity index (χ4n) is 4.04. The summed E-state index contributed by atoms with van der Waals surface area (Å²) in [5.41, 5.74) is 7.56. The number of aromatic amines is 1. The number of aromatic nitrogens is 1. The second kappa shape index (κ2) is 15.1. The van der Waals surface area contributed by atoms with Gasteiger partial charge in [0.2, 0.25) is 17.7 Å². The molecule has 4 atom stereocenters. The third-order valence-corrected chi connectivity index (χ3v) is 6.67. The Labute approximate surface area is 230 Å². The van der Waals surface area contributed by atoms with Crippen LogP contribution in [0.25, 0.3) is 10.9 Å². The van der Waals surface area contributed by atoms with Crippen molar-refractivity contribution in [2.75, 3.05) is 12.0 Å². The molecule has 4 unspecified atom stereocenters. The highest BCUT2D eigenvalue weighted by molar-refractivity contribution is 7.98. The Kier molecular flexibility index (Phi) is 12.3. The van der Waals surface area contributed by atoms with Crippen molar-refractivity contribution in [1.29, 1.82) is 0 Å². The smallest absolute Gasteiger partial charge is 0.326 e. The van der Waals surface area contributed by atoms with Crippen LogP contribution in [0.1, 0.15) is 38.7 Å². The van der Waals surface area contributed by atoms with E-state index < -0.39 is 60.2 Å². The first-order chi connectivity index (χ1) is 18.4. The lowest BCUT2D eigenvalue weighted by atomic mass is 10.0. The van der Waals surface area contributed by atoms with Crippen LogP contribution in [-0.4, -0.2) is 81.0 Å². The van der Waals surface area contributed by atoms with Gasteiger partial charge >= 0.3 is 11.9 Å². The van der Waals surface area contributed by atoms with Crippen LogP contribution in [0, 0.1) is 5.92 Å². The summed E-state index contributed by atoms with van der Waals surface area (Å²) in [6.45, 7) is 3.81. The van der Waals surface area contributed by atoms with Gasteiger partial charge in [-0.3, -0.25) is 19.2 Å². The van der Waals surface area contributed by atoms with E-state index in [0.717, 1.165) is 10.9 Å². The van der Waals surface area contributed by atoms with Crippen LogP contribution >= 0.6 is 11.8 Å². The van der Waals surface area contributed by atoms with Crippen molar-refractivity contribution in [3.8, 4) is 0 Å². The monoisotopic (exact) mass is 563 g/mol. The van der Waals surface area contributed by atoms with Gasteiger partial charge in [0, 0.05) is 23.5 Å². The van der Waals surface area contributed by atoms with Gasteiger partial charge in [0.05, 0.1) is 12.5 Å². The second-order valence-electron chi connectivity index (χ2n) is 9.70. The van der Waals surface area contributed by atoms with Crippen LogP contribution in [0.3, 0.4) is 0 Å². The lowest BCUT2D eigenvalue weighted by molar-refractivity contribution is -0.143. The summed E-state index contributed by atoms with van der Waals surface area (Å²) in [7, 11) is 0. The molecule has 3 amide bonds. The highest BCUT2D eigenvalue weighted by Gasteiger charge is 2.32. The zero-order valence-electron chi connectivity index (χ0n) is 22.2. The number of hydrogen-bond donors (Lipinski definition) is 7. The van der Waals surface area contributed by atoms with Gasteiger partial charge in [-0.25, -0.2) is 4.79 Å². The van der Waals surface area contributed by atoms with Crippen molar-refractivity contribution >= 4 is 52.3 Å². The summed E-state index contributed by atoms with van der Waals surface area (Å²) in [5, 5.41) is 27.0.